The van der Waals surface area contributed by atoms with Crippen molar-refractivity contribution in [3.8, 4) is 0 Å². The molecule has 0 atom stereocenters. The van der Waals surface area contributed by atoms with E-state index in [4.69, 9.17) is 4.42 Å². The van der Waals surface area contributed by atoms with Crippen LogP contribution in [0.2, 0.25) is 0 Å². The first-order valence-corrected chi connectivity index (χ1v) is 11.0. The fraction of sp³-hybridized carbons (Fsp3) is 0.625. The fourth-order valence-corrected chi connectivity index (χ4v) is 4.18. The molecule has 0 saturated heterocycles. The molecule has 0 unspecified atom stereocenters. The average molecular weight is 385 g/mol. The second-order valence-corrected chi connectivity index (χ2v) is 9.09. The number of hydrogen-bond donors (Lipinski definition) is 1. The van der Waals surface area contributed by atoms with E-state index < -0.39 is 10.2 Å². The Kier molecular flexibility index (Phi) is 5.85. The Morgan fingerprint density at radius 2 is 2.12 bits per heavy atom. The van der Waals surface area contributed by atoms with Gasteiger partial charge >= 0.3 is 10.2 Å². The monoisotopic (exact) mass is 384 g/mol. The molecule has 1 fully saturated rings. The van der Waals surface area contributed by atoms with Crippen LogP contribution in [0.5, 0.6) is 0 Å². The molecule has 1 aliphatic heterocycles. The van der Waals surface area contributed by atoms with E-state index in [2.05, 4.69) is 19.0 Å². The van der Waals surface area contributed by atoms with Crippen LogP contribution in [0.1, 0.15) is 30.8 Å². The summed E-state index contributed by atoms with van der Waals surface area (Å²) in [6.07, 6.45) is 3.02. The normalized spacial score (nSPS) is 20.9. The fourth-order valence-electron chi connectivity index (χ4n) is 2.54. The van der Waals surface area contributed by atoms with E-state index in [1.807, 2.05) is 26.2 Å². The summed E-state index contributed by atoms with van der Waals surface area (Å²) in [5, 5.41) is 0. The summed E-state index contributed by atoms with van der Waals surface area (Å²) in [6, 6.07) is 4.01. The van der Waals surface area contributed by atoms with Crippen molar-refractivity contribution < 1.29 is 12.8 Å². The lowest BCUT2D eigenvalue weighted by molar-refractivity contribution is 0.344. The van der Waals surface area contributed by atoms with Crippen molar-refractivity contribution in [1.82, 2.24) is 9.62 Å². The summed E-state index contributed by atoms with van der Waals surface area (Å²) < 4.78 is 35.2. The average Bonchev–Trinajstić information content (AvgIpc) is 3.14. The molecule has 0 aromatic carbocycles. The number of furan rings is 1. The molecular formula is C16H24N4O3S2. The number of hydrogen-bond acceptors (Lipinski definition) is 6. The molecule has 1 aromatic rings. The first kappa shape index (κ1) is 18.5. The van der Waals surface area contributed by atoms with E-state index in [1.165, 1.54) is 0 Å². The predicted octanol–water partition coefficient (Wildman–Crippen LogP) is 2.06. The van der Waals surface area contributed by atoms with Crippen LogP contribution in [0.4, 0.5) is 0 Å². The van der Waals surface area contributed by atoms with E-state index in [-0.39, 0.29) is 0 Å². The molecule has 1 saturated carbocycles. The third-order valence-electron chi connectivity index (χ3n) is 3.85. The molecule has 25 heavy (non-hydrogen) atoms. The molecule has 0 spiro atoms. The Morgan fingerprint density at radius 1 is 1.36 bits per heavy atom. The summed E-state index contributed by atoms with van der Waals surface area (Å²) in [4.78, 5) is 6.46. The third kappa shape index (κ3) is 5.86. The topological polar surface area (TPSA) is 87.3 Å². The summed E-state index contributed by atoms with van der Waals surface area (Å²) in [6.45, 7) is 1.35. The smallest absolute Gasteiger partial charge is 0.343 e. The van der Waals surface area contributed by atoms with E-state index >= 15 is 0 Å². The largest absolute Gasteiger partial charge is 0.464 e. The van der Waals surface area contributed by atoms with Crippen LogP contribution in [0.3, 0.4) is 0 Å². The van der Waals surface area contributed by atoms with Crippen LogP contribution in [-0.2, 0) is 22.5 Å². The van der Waals surface area contributed by atoms with E-state index in [0.29, 0.717) is 30.4 Å². The number of amidine groups is 1. The SMILES string of the molecule is CN(C)Cc1ccc(CSCCN=C2NS(=O)(=O)N=C2CC2CC2)o1. The maximum atomic E-state index is 11.6. The van der Waals surface area contributed by atoms with Crippen LogP contribution >= 0.6 is 11.8 Å². The molecule has 0 bridgehead atoms. The van der Waals surface area contributed by atoms with E-state index in [9.17, 15) is 8.42 Å². The predicted molar refractivity (Wildman–Crippen MR) is 101 cm³/mol. The van der Waals surface area contributed by atoms with E-state index in [1.54, 1.807) is 11.8 Å². The van der Waals surface area contributed by atoms with Gasteiger partial charge in [-0.25, -0.2) is 4.72 Å². The molecule has 2 heterocycles. The van der Waals surface area contributed by atoms with Crippen molar-refractivity contribution >= 4 is 33.5 Å². The van der Waals surface area contributed by atoms with Crippen molar-refractivity contribution in [3.63, 3.8) is 0 Å². The Balaban J connectivity index is 1.43. The van der Waals surface area contributed by atoms with Crippen LogP contribution in [0.25, 0.3) is 0 Å². The second-order valence-electron chi connectivity index (χ2n) is 6.65. The molecule has 0 amide bonds. The van der Waals surface area contributed by atoms with Gasteiger partial charge in [-0.3, -0.25) is 4.99 Å². The lowest BCUT2D eigenvalue weighted by Crippen LogP contribution is -2.27. The highest BCUT2D eigenvalue weighted by Crippen LogP contribution is 2.33. The minimum Gasteiger partial charge on any atom is -0.464 e. The van der Waals surface area contributed by atoms with Gasteiger partial charge in [-0.1, -0.05) is 0 Å². The van der Waals surface area contributed by atoms with Crippen LogP contribution in [0.15, 0.2) is 25.9 Å². The lowest BCUT2D eigenvalue weighted by atomic mass is 10.2. The Hall–Kier alpha value is -1.32. The van der Waals surface area contributed by atoms with Gasteiger partial charge in [0.1, 0.15) is 11.5 Å². The van der Waals surface area contributed by atoms with Crippen LogP contribution < -0.4 is 4.72 Å². The Bertz CT molecular complexity index is 764. The van der Waals surface area contributed by atoms with Crippen molar-refractivity contribution in [1.29, 1.82) is 0 Å². The van der Waals surface area contributed by atoms with Gasteiger partial charge < -0.3 is 9.32 Å². The molecule has 9 heteroatoms. The minimum atomic E-state index is -3.57. The van der Waals surface area contributed by atoms with Gasteiger partial charge in [0, 0.05) is 5.75 Å². The molecule has 7 nitrogen and oxygen atoms in total. The number of rotatable bonds is 9. The van der Waals surface area contributed by atoms with Gasteiger partial charge in [0.05, 0.1) is 24.6 Å². The molecule has 2 aliphatic rings. The Labute approximate surface area is 153 Å². The Morgan fingerprint density at radius 3 is 2.84 bits per heavy atom. The second kappa shape index (κ2) is 7.92. The summed E-state index contributed by atoms with van der Waals surface area (Å²) >= 11 is 1.72. The zero-order chi connectivity index (χ0) is 17.9. The quantitative estimate of drug-likeness (QED) is 0.659. The molecule has 1 N–H and O–H groups in total. The number of thioether (sulfide) groups is 1. The van der Waals surface area contributed by atoms with Gasteiger partial charge in [0.15, 0.2) is 5.84 Å². The highest BCUT2D eigenvalue weighted by atomic mass is 32.2. The van der Waals surface area contributed by atoms with Gasteiger partial charge in [0.25, 0.3) is 0 Å². The molecule has 1 aliphatic carbocycles. The maximum Gasteiger partial charge on any atom is 0.343 e. The first-order valence-electron chi connectivity index (χ1n) is 8.38. The van der Waals surface area contributed by atoms with Gasteiger partial charge in [0.2, 0.25) is 0 Å². The molecule has 3 rings (SSSR count). The number of nitrogens with one attached hydrogen (secondary N) is 1. The summed E-state index contributed by atoms with van der Waals surface area (Å²) in [7, 11) is 0.442. The zero-order valence-corrected chi connectivity index (χ0v) is 16.2. The molecule has 0 radical (unpaired) electrons. The van der Waals surface area contributed by atoms with Gasteiger partial charge in [-0.2, -0.15) is 20.2 Å². The van der Waals surface area contributed by atoms with Crippen molar-refractivity contribution in [2.45, 2.75) is 31.6 Å². The van der Waals surface area contributed by atoms with Crippen molar-refractivity contribution in [3.05, 3.63) is 23.7 Å². The number of aliphatic imine (C=N–C) groups is 1. The maximum absolute atomic E-state index is 11.6. The van der Waals surface area contributed by atoms with Crippen molar-refractivity contribution in [2.24, 2.45) is 15.3 Å². The standard InChI is InChI=1S/C16H24N4O3S2/c1-20(2)10-13-5-6-14(23-13)11-24-8-7-17-16-15(9-12-3-4-12)18-25(21,22)19-16/h5-6,12H,3-4,7-11H2,1-2H3,(H,17,19). The molecule has 1 aromatic heterocycles. The van der Waals surface area contributed by atoms with Gasteiger partial charge in [-0.05, 0) is 51.4 Å². The van der Waals surface area contributed by atoms with Crippen LogP contribution in [-0.4, -0.2) is 51.3 Å². The van der Waals surface area contributed by atoms with Crippen molar-refractivity contribution in [2.75, 3.05) is 26.4 Å². The molecule has 138 valence electrons. The van der Waals surface area contributed by atoms with Crippen LogP contribution in [0, 0.1) is 5.92 Å². The third-order valence-corrected chi connectivity index (χ3v) is 5.72. The highest BCUT2D eigenvalue weighted by molar-refractivity contribution is 7.98. The summed E-state index contributed by atoms with van der Waals surface area (Å²) in [5.74, 6) is 4.50. The van der Waals surface area contributed by atoms with E-state index in [0.717, 1.165) is 42.4 Å². The minimum absolute atomic E-state index is 0.429. The zero-order valence-electron chi connectivity index (χ0n) is 14.6. The summed E-state index contributed by atoms with van der Waals surface area (Å²) in [5.41, 5.74) is 0.590. The lowest BCUT2D eigenvalue weighted by Gasteiger charge is -2.05. The molecular weight excluding hydrogens is 360 g/mol. The first-order chi connectivity index (χ1) is 11.9. The number of nitrogens with zero attached hydrogens (tertiary/aromatic N) is 3. The highest BCUT2D eigenvalue weighted by Gasteiger charge is 2.31. The van der Waals surface area contributed by atoms with Gasteiger partial charge in [-0.15, -0.1) is 4.40 Å².